The summed E-state index contributed by atoms with van der Waals surface area (Å²) in [5.74, 6) is -0.400. The Kier molecular flexibility index (Phi) is 4.06. The molecule has 3 heteroatoms. The van der Waals surface area contributed by atoms with E-state index in [1.807, 2.05) is 35.2 Å². The summed E-state index contributed by atoms with van der Waals surface area (Å²) in [5.41, 5.74) is 4.04. The highest BCUT2D eigenvalue weighted by Gasteiger charge is 2.32. The molecule has 0 spiro atoms. The van der Waals surface area contributed by atoms with Crippen molar-refractivity contribution in [3.63, 3.8) is 0 Å². The molecule has 1 aliphatic rings. The summed E-state index contributed by atoms with van der Waals surface area (Å²) >= 11 is 0. The molecule has 0 bridgehead atoms. The number of carbonyl (C=O) groups excluding carboxylic acids is 1. The minimum Gasteiger partial charge on any atom is -0.327 e. The monoisotopic (exact) mass is 331 g/mol. The smallest absolute Gasteiger partial charge is 0.254 e. The molecule has 1 amide bonds. The lowest BCUT2D eigenvalue weighted by Gasteiger charge is -2.38. The van der Waals surface area contributed by atoms with E-state index in [9.17, 15) is 9.18 Å². The fourth-order valence-corrected chi connectivity index (χ4v) is 3.54. The van der Waals surface area contributed by atoms with Crippen LogP contribution in [0.4, 0.5) is 4.39 Å². The Labute approximate surface area is 146 Å². The van der Waals surface area contributed by atoms with Gasteiger partial charge < -0.3 is 4.90 Å². The number of benzene rings is 3. The third-order valence-electron chi connectivity index (χ3n) is 4.75. The Balaban J connectivity index is 1.78. The van der Waals surface area contributed by atoms with Gasteiger partial charge in [-0.05, 0) is 47.4 Å². The van der Waals surface area contributed by atoms with Crippen molar-refractivity contribution < 1.29 is 9.18 Å². The van der Waals surface area contributed by atoms with Gasteiger partial charge in [0.05, 0.1) is 6.04 Å². The van der Waals surface area contributed by atoms with Crippen LogP contribution in [0, 0.1) is 5.82 Å². The molecule has 1 unspecified atom stereocenters. The number of hydrogen-bond acceptors (Lipinski definition) is 1. The van der Waals surface area contributed by atoms with Crippen molar-refractivity contribution in [3.05, 3.63) is 107 Å². The number of hydrogen-bond donors (Lipinski definition) is 0. The second kappa shape index (κ2) is 6.52. The molecule has 1 atom stereocenters. The number of amides is 1. The first-order valence-corrected chi connectivity index (χ1v) is 8.43. The van der Waals surface area contributed by atoms with Crippen LogP contribution < -0.4 is 0 Å². The van der Waals surface area contributed by atoms with Gasteiger partial charge in [0.1, 0.15) is 5.82 Å². The molecular formula is C22H18FNO. The van der Waals surface area contributed by atoms with Crippen LogP contribution in [0.5, 0.6) is 0 Å². The minimum absolute atomic E-state index is 0.0663. The quantitative estimate of drug-likeness (QED) is 0.671. The first-order chi connectivity index (χ1) is 12.2. The second-order valence-corrected chi connectivity index (χ2v) is 6.27. The number of halogens is 1. The lowest BCUT2D eigenvalue weighted by molar-refractivity contribution is 0.0694. The third-order valence-corrected chi connectivity index (χ3v) is 4.75. The summed E-state index contributed by atoms with van der Waals surface area (Å²) in [6.45, 7) is 0.646. The Morgan fingerprint density at radius 1 is 0.880 bits per heavy atom. The summed E-state index contributed by atoms with van der Waals surface area (Å²) in [5, 5.41) is 0. The van der Waals surface area contributed by atoms with E-state index in [1.165, 1.54) is 17.7 Å². The van der Waals surface area contributed by atoms with E-state index < -0.39 is 0 Å². The normalized spacial score (nSPS) is 16.4. The molecule has 2 nitrogen and oxygen atoms in total. The highest BCUT2D eigenvalue weighted by molar-refractivity contribution is 5.95. The first kappa shape index (κ1) is 15.6. The molecule has 4 rings (SSSR count). The van der Waals surface area contributed by atoms with Gasteiger partial charge in [-0.15, -0.1) is 0 Å². The van der Waals surface area contributed by atoms with Crippen molar-refractivity contribution in [3.8, 4) is 0 Å². The predicted octanol–water partition coefficient (Wildman–Crippen LogP) is 4.61. The molecule has 0 fully saturated rings. The van der Waals surface area contributed by atoms with Crippen LogP contribution in [-0.4, -0.2) is 17.4 Å². The number of rotatable bonds is 2. The van der Waals surface area contributed by atoms with Gasteiger partial charge in [-0.3, -0.25) is 4.79 Å². The van der Waals surface area contributed by atoms with Crippen molar-refractivity contribution in [2.45, 2.75) is 12.5 Å². The fourth-order valence-electron chi connectivity index (χ4n) is 3.54. The van der Waals surface area contributed by atoms with Gasteiger partial charge in [-0.1, -0.05) is 54.6 Å². The molecule has 0 saturated heterocycles. The number of fused-ring (bicyclic) bond motifs is 1. The first-order valence-electron chi connectivity index (χ1n) is 8.43. The van der Waals surface area contributed by atoms with Gasteiger partial charge >= 0.3 is 0 Å². The van der Waals surface area contributed by atoms with Crippen LogP contribution in [0.25, 0.3) is 0 Å². The molecule has 3 aromatic carbocycles. The maximum absolute atomic E-state index is 13.2. The molecule has 0 aliphatic carbocycles. The molecule has 1 aliphatic heterocycles. The molecule has 3 aromatic rings. The van der Waals surface area contributed by atoms with Crippen LogP contribution in [0.3, 0.4) is 0 Å². The summed E-state index contributed by atoms with van der Waals surface area (Å²) in [6.07, 6.45) is 0.826. The van der Waals surface area contributed by atoms with Gasteiger partial charge in [0, 0.05) is 12.1 Å². The third kappa shape index (κ3) is 2.93. The zero-order valence-corrected chi connectivity index (χ0v) is 13.7. The zero-order valence-electron chi connectivity index (χ0n) is 13.7. The van der Waals surface area contributed by atoms with Crippen LogP contribution >= 0.6 is 0 Å². The Morgan fingerprint density at radius 3 is 2.32 bits per heavy atom. The van der Waals surface area contributed by atoms with E-state index in [2.05, 4.69) is 24.3 Å². The average Bonchev–Trinajstić information content (AvgIpc) is 2.68. The van der Waals surface area contributed by atoms with Crippen LogP contribution in [0.15, 0.2) is 78.9 Å². The fraction of sp³-hybridized carbons (Fsp3) is 0.136. The van der Waals surface area contributed by atoms with Gasteiger partial charge in [0.25, 0.3) is 5.91 Å². The molecule has 0 aromatic heterocycles. The molecule has 25 heavy (non-hydrogen) atoms. The topological polar surface area (TPSA) is 20.3 Å². The maximum Gasteiger partial charge on any atom is 0.254 e. The lowest BCUT2D eigenvalue weighted by atomic mass is 9.88. The molecule has 0 N–H and O–H groups in total. The van der Waals surface area contributed by atoms with Gasteiger partial charge in [0.2, 0.25) is 0 Å². The van der Waals surface area contributed by atoms with E-state index >= 15 is 0 Å². The number of carbonyl (C=O) groups is 1. The standard InChI is InChI=1S/C22H18FNO/c23-19-12-10-18(11-13-19)22(25)24-15-14-16-6-4-5-9-20(16)21(24)17-7-2-1-3-8-17/h1-13,21H,14-15H2. The average molecular weight is 331 g/mol. The van der Waals surface area contributed by atoms with Crippen molar-refractivity contribution in [1.82, 2.24) is 4.90 Å². The predicted molar refractivity (Wildman–Crippen MR) is 95.9 cm³/mol. The van der Waals surface area contributed by atoms with E-state index in [-0.39, 0.29) is 17.8 Å². The van der Waals surface area contributed by atoms with Crippen molar-refractivity contribution in [1.29, 1.82) is 0 Å². The van der Waals surface area contributed by atoms with Crippen LogP contribution in [0.1, 0.15) is 33.1 Å². The molecule has 1 heterocycles. The highest BCUT2D eigenvalue weighted by Crippen LogP contribution is 2.35. The van der Waals surface area contributed by atoms with Crippen molar-refractivity contribution in [2.75, 3.05) is 6.54 Å². The van der Waals surface area contributed by atoms with E-state index in [0.29, 0.717) is 12.1 Å². The van der Waals surface area contributed by atoms with E-state index in [1.54, 1.807) is 12.1 Å². The molecule has 124 valence electrons. The summed E-state index contributed by atoms with van der Waals surface area (Å²) < 4.78 is 13.2. The van der Waals surface area contributed by atoms with Gasteiger partial charge in [-0.2, -0.15) is 0 Å². The highest BCUT2D eigenvalue weighted by atomic mass is 19.1. The largest absolute Gasteiger partial charge is 0.327 e. The Bertz CT molecular complexity index is 889. The Morgan fingerprint density at radius 2 is 1.56 bits per heavy atom. The minimum atomic E-state index is -0.333. The molecule has 0 saturated carbocycles. The van der Waals surface area contributed by atoms with E-state index in [4.69, 9.17) is 0 Å². The summed E-state index contributed by atoms with van der Waals surface area (Å²) in [4.78, 5) is 15.0. The Hall–Kier alpha value is -2.94. The van der Waals surface area contributed by atoms with Gasteiger partial charge in [-0.25, -0.2) is 4.39 Å². The van der Waals surface area contributed by atoms with Crippen LogP contribution in [0.2, 0.25) is 0 Å². The maximum atomic E-state index is 13.2. The van der Waals surface area contributed by atoms with Crippen molar-refractivity contribution >= 4 is 5.91 Å². The summed E-state index contributed by atoms with van der Waals surface area (Å²) in [7, 11) is 0. The molecule has 0 radical (unpaired) electrons. The van der Waals surface area contributed by atoms with E-state index in [0.717, 1.165) is 17.5 Å². The van der Waals surface area contributed by atoms with Gasteiger partial charge in [0.15, 0.2) is 0 Å². The molecular weight excluding hydrogens is 313 g/mol. The zero-order chi connectivity index (χ0) is 17.2. The van der Waals surface area contributed by atoms with Crippen LogP contribution in [-0.2, 0) is 6.42 Å². The van der Waals surface area contributed by atoms with Crippen molar-refractivity contribution in [2.24, 2.45) is 0 Å². The number of nitrogens with zero attached hydrogens (tertiary/aromatic N) is 1. The SMILES string of the molecule is O=C(c1ccc(F)cc1)N1CCc2ccccc2C1c1ccccc1. The summed E-state index contributed by atoms with van der Waals surface area (Å²) in [6, 6.07) is 24.0. The lowest BCUT2D eigenvalue weighted by Crippen LogP contribution is -2.40. The second-order valence-electron chi connectivity index (χ2n) is 6.27.